The monoisotopic (exact) mass is 306 g/mol. The minimum Gasteiger partial charge on any atom is -0.726 e. The molecule has 12 heteroatoms. The van der Waals surface area contributed by atoms with Crippen LogP contribution in [0.1, 0.15) is 6.42 Å². The van der Waals surface area contributed by atoms with Crippen LogP contribution < -0.4 is 0 Å². The predicted octanol–water partition coefficient (Wildman–Crippen LogP) is -2.54. The fraction of sp³-hybridized carbons (Fsp3) is 1.00. The van der Waals surface area contributed by atoms with Gasteiger partial charge in [-0.1, -0.05) is 0 Å². The van der Waals surface area contributed by atoms with Gasteiger partial charge in [0.2, 0.25) is 20.8 Å². The SMILES string of the molecule is O=S(=O)([O-])OCC1C[C@H](O)C(OS(=O)(=O)[O-])CO1. The third-order valence-corrected chi connectivity index (χ3v) is 2.98. The molecular weight excluding hydrogens is 296 g/mol. The lowest BCUT2D eigenvalue weighted by Crippen LogP contribution is -2.45. The van der Waals surface area contributed by atoms with Crippen molar-refractivity contribution >= 4 is 20.8 Å². The lowest BCUT2D eigenvalue weighted by molar-refractivity contribution is -0.121. The van der Waals surface area contributed by atoms with Crippen LogP contribution >= 0.6 is 0 Å². The number of aliphatic hydroxyl groups is 1. The highest BCUT2D eigenvalue weighted by molar-refractivity contribution is 7.81. The van der Waals surface area contributed by atoms with Crippen molar-refractivity contribution in [2.45, 2.75) is 24.7 Å². The number of ether oxygens (including phenoxy) is 1. The lowest BCUT2D eigenvalue weighted by atomic mass is 10.0. The molecule has 1 heterocycles. The lowest BCUT2D eigenvalue weighted by Gasteiger charge is -2.33. The molecule has 1 aliphatic heterocycles. The van der Waals surface area contributed by atoms with Crippen LogP contribution in [0.25, 0.3) is 0 Å². The first kappa shape index (κ1) is 15.7. The van der Waals surface area contributed by atoms with Gasteiger partial charge in [0, 0.05) is 6.42 Å². The van der Waals surface area contributed by atoms with E-state index in [4.69, 9.17) is 4.74 Å². The first-order valence-electron chi connectivity index (χ1n) is 4.61. The smallest absolute Gasteiger partial charge is 0.218 e. The molecule has 1 aliphatic rings. The Kier molecular flexibility index (Phi) is 5.02. The van der Waals surface area contributed by atoms with Crippen LogP contribution in [0.2, 0.25) is 0 Å². The van der Waals surface area contributed by atoms with Gasteiger partial charge in [-0.2, -0.15) is 0 Å². The van der Waals surface area contributed by atoms with E-state index in [0.29, 0.717) is 0 Å². The molecule has 0 aromatic rings. The highest BCUT2D eigenvalue weighted by Gasteiger charge is 2.32. The van der Waals surface area contributed by atoms with Crippen molar-refractivity contribution in [3.63, 3.8) is 0 Å². The summed E-state index contributed by atoms with van der Waals surface area (Å²) in [4.78, 5) is 0. The van der Waals surface area contributed by atoms with Gasteiger partial charge in [-0.15, -0.1) is 0 Å². The highest BCUT2D eigenvalue weighted by atomic mass is 32.3. The molecule has 0 bridgehead atoms. The predicted molar refractivity (Wildman–Crippen MR) is 50.6 cm³/mol. The molecule has 0 amide bonds. The summed E-state index contributed by atoms with van der Waals surface area (Å²) in [6.45, 7) is -1.06. The molecule has 0 aromatic heterocycles. The summed E-state index contributed by atoms with van der Waals surface area (Å²) in [6.07, 6.45) is -3.88. The van der Waals surface area contributed by atoms with Crippen molar-refractivity contribution in [1.29, 1.82) is 0 Å². The maximum atomic E-state index is 10.3. The molecule has 3 atom stereocenters. The van der Waals surface area contributed by atoms with Crippen LogP contribution in [0, 0.1) is 0 Å². The third kappa shape index (κ3) is 6.01. The Morgan fingerprint density at radius 2 is 1.83 bits per heavy atom. The molecule has 2 unspecified atom stereocenters. The first-order chi connectivity index (χ1) is 8.07. The molecule has 0 spiro atoms. The number of hydrogen-bond donors (Lipinski definition) is 1. The Balaban J connectivity index is 2.46. The van der Waals surface area contributed by atoms with E-state index >= 15 is 0 Å². The molecule has 1 saturated heterocycles. The second-order valence-corrected chi connectivity index (χ2v) is 5.56. The van der Waals surface area contributed by atoms with Crippen molar-refractivity contribution in [3.05, 3.63) is 0 Å². The minimum atomic E-state index is -4.98. The maximum absolute atomic E-state index is 10.3. The van der Waals surface area contributed by atoms with E-state index in [1.807, 2.05) is 0 Å². The van der Waals surface area contributed by atoms with Gasteiger partial charge in [0.1, 0.15) is 6.10 Å². The Labute approximate surface area is 103 Å². The van der Waals surface area contributed by atoms with Gasteiger partial charge in [-0.3, -0.25) is 8.37 Å². The molecule has 18 heavy (non-hydrogen) atoms. The molecule has 10 nitrogen and oxygen atoms in total. The topological polar surface area (TPSA) is 162 Å². The fourth-order valence-corrected chi connectivity index (χ4v) is 2.15. The Hall–Kier alpha value is -0.340. The molecule has 108 valence electrons. The molecule has 1 rings (SSSR count). The molecule has 0 radical (unpaired) electrons. The summed E-state index contributed by atoms with van der Waals surface area (Å²) >= 11 is 0. The van der Waals surface area contributed by atoms with Crippen molar-refractivity contribution in [2.24, 2.45) is 0 Å². The summed E-state index contributed by atoms with van der Waals surface area (Å²) in [7, 11) is -9.85. The van der Waals surface area contributed by atoms with E-state index in [-0.39, 0.29) is 6.42 Å². The van der Waals surface area contributed by atoms with Crippen molar-refractivity contribution in [1.82, 2.24) is 0 Å². The zero-order valence-electron chi connectivity index (χ0n) is 8.79. The zero-order chi connectivity index (χ0) is 14.0. The third-order valence-electron chi connectivity index (χ3n) is 2.07. The first-order valence-corrected chi connectivity index (χ1v) is 7.27. The van der Waals surface area contributed by atoms with Crippen LogP contribution in [0.4, 0.5) is 0 Å². The standard InChI is InChI=1S/C6H12O10S2/c7-5-1-4(2-15-17(8,9)10)14-3-6(5)16-18(11,12)13/h4-7H,1-3H2,(H,8,9,10)(H,11,12,13)/p-2/t4?,5-,6?/m0/s1. The largest absolute Gasteiger partial charge is 0.726 e. The molecule has 1 N–H and O–H groups in total. The van der Waals surface area contributed by atoms with Crippen LogP contribution in [0.3, 0.4) is 0 Å². The van der Waals surface area contributed by atoms with E-state index in [9.17, 15) is 31.0 Å². The number of rotatable bonds is 5. The van der Waals surface area contributed by atoms with E-state index < -0.39 is 52.3 Å². The quantitative estimate of drug-likeness (QED) is 0.422. The van der Waals surface area contributed by atoms with Crippen molar-refractivity contribution < 1.29 is 44.2 Å². The van der Waals surface area contributed by atoms with Crippen LogP contribution in [-0.2, 0) is 33.9 Å². The van der Waals surface area contributed by atoms with Crippen molar-refractivity contribution in [2.75, 3.05) is 13.2 Å². The Morgan fingerprint density at radius 3 is 2.28 bits per heavy atom. The zero-order valence-corrected chi connectivity index (χ0v) is 10.4. The summed E-state index contributed by atoms with van der Waals surface area (Å²) in [5.41, 5.74) is 0. The van der Waals surface area contributed by atoms with E-state index in [1.165, 1.54) is 0 Å². The van der Waals surface area contributed by atoms with Gasteiger partial charge in [-0.25, -0.2) is 16.8 Å². The Morgan fingerprint density at radius 1 is 1.22 bits per heavy atom. The van der Waals surface area contributed by atoms with E-state index in [1.54, 1.807) is 0 Å². The van der Waals surface area contributed by atoms with Gasteiger partial charge < -0.3 is 18.9 Å². The average Bonchev–Trinajstić information content (AvgIpc) is 2.15. The highest BCUT2D eigenvalue weighted by Crippen LogP contribution is 2.18. The fourth-order valence-electron chi connectivity index (χ4n) is 1.35. The molecule has 1 fully saturated rings. The van der Waals surface area contributed by atoms with Crippen LogP contribution in [0.5, 0.6) is 0 Å². The normalized spacial score (nSPS) is 30.3. The molecular formula is C6H10O10S2-2. The molecule has 0 aliphatic carbocycles. The summed E-state index contributed by atoms with van der Waals surface area (Å²) in [6, 6.07) is 0. The average molecular weight is 306 g/mol. The Bertz CT molecular complexity index is 467. The summed E-state index contributed by atoms with van der Waals surface area (Å²) < 4.78 is 74.2. The van der Waals surface area contributed by atoms with Gasteiger partial charge in [0.25, 0.3) is 0 Å². The van der Waals surface area contributed by atoms with E-state index in [2.05, 4.69) is 8.37 Å². The van der Waals surface area contributed by atoms with E-state index in [0.717, 1.165) is 0 Å². The summed E-state index contributed by atoms with van der Waals surface area (Å²) in [5, 5.41) is 9.44. The molecule has 0 saturated carbocycles. The van der Waals surface area contributed by atoms with Crippen LogP contribution in [0.15, 0.2) is 0 Å². The van der Waals surface area contributed by atoms with Gasteiger partial charge in [0.15, 0.2) is 0 Å². The van der Waals surface area contributed by atoms with Gasteiger partial charge in [-0.05, 0) is 0 Å². The van der Waals surface area contributed by atoms with Crippen molar-refractivity contribution in [3.8, 4) is 0 Å². The minimum absolute atomic E-state index is 0.240. The maximum Gasteiger partial charge on any atom is 0.218 e. The molecule has 0 aromatic carbocycles. The number of aliphatic hydroxyl groups excluding tert-OH is 1. The second kappa shape index (κ2) is 5.75. The van der Waals surface area contributed by atoms with Gasteiger partial charge in [0.05, 0.1) is 25.4 Å². The van der Waals surface area contributed by atoms with Crippen LogP contribution in [-0.4, -0.2) is 62.6 Å². The second-order valence-electron chi connectivity index (χ2n) is 3.49. The van der Waals surface area contributed by atoms with Gasteiger partial charge >= 0.3 is 0 Å². The summed E-state index contributed by atoms with van der Waals surface area (Å²) in [5.74, 6) is 0. The number of hydrogen-bond acceptors (Lipinski definition) is 10.